The number of carbonyl (C=O) groups excluding carboxylic acids is 1. The van der Waals surface area contributed by atoms with Crippen LogP contribution in [0, 0.1) is 5.41 Å². The van der Waals surface area contributed by atoms with Crippen molar-refractivity contribution >= 4 is 29.3 Å². The second-order valence-corrected chi connectivity index (χ2v) is 6.32. The van der Waals surface area contributed by atoms with Crippen LogP contribution < -0.4 is 10.6 Å². The van der Waals surface area contributed by atoms with Gasteiger partial charge in [-0.25, -0.2) is 4.98 Å². The molecule has 1 aliphatic heterocycles. The summed E-state index contributed by atoms with van der Waals surface area (Å²) < 4.78 is 0. The van der Waals surface area contributed by atoms with Crippen LogP contribution in [0.15, 0.2) is 6.07 Å². The highest BCUT2D eigenvalue weighted by Gasteiger charge is 2.30. The highest BCUT2D eigenvalue weighted by Crippen LogP contribution is 2.22. The first kappa shape index (κ1) is 14.8. The number of halogens is 1. The van der Waals surface area contributed by atoms with Gasteiger partial charge in [-0.15, -0.1) is 0 Å². The minimum absolute atomic E-state index is 0.167. The van der Waals surface area contributed by atoms with Crippen molar-refractivity contribution in [3.8, 4) is 0 Å². The first-order valence-corrected chi connectivity index (χ1v) is 6.99. The number of hydrogen-bond donors (Lipinski definition) is 1. The Morgan fingerprint density at radius 3 is 2.35 bits per heavy atom. The summed E-state index contributed by atoms with van der Waals surface area (Å²) in [7, 11) is 0. The van der Waals surface area contributed by atoms with E-state index in [2.05, 4.69) is 14.9 Å². The van der Waals surface area contributed by atoms with E-state index in [-0.39, 0.29) is 17.3 Å². The van der Waals surface area contributed by atoms with Gasteiger partial charge in [-0.3, -0.25) is 4.79 Å². The van der Waals surface area contributed by atoms with E-state index in [1.54, 1.807) is 6.07 Å². The summed E-state index contributed by atoms with van der Waals surface area (Å²) in [5, 5.41) is 0.334. The van der Waals surface area contributed by atoms with E-state index in [1.165, 1.54) is 0 Å². The van der Waals surface area contributed by atoms with Crippen LogP contribution in [0.3, 0.4) is 0 Å². The van der Waals surface area contributed by atoms with E-state index in [0.29, 0.717) is 37.1 Å². The van der Waals surface area contributed by atoms with Gasteiger partial charge in [0.2, 0.25) is 11.9 Å². The zero-order valence-electron chi connectivity index (χ0n) is 12.1. The molecule has 1 aromatic heterocycles. The quantitative estimate of drug-likeness (QED) is 0.793. The maximum Gasteiger partial charge on any atom is 0.228 e. The van der Waals surface area contributed by atoms with Crippen LogP contribution in [0.4, 0.5) is 11.8 Å². The van der Waals surface area contributed by atoms with Crippen LogP contribution in [0.25, 0.3) is 0 Å². The van der Waals surface area contributed by atoms with Crippen LogP contribution in [0.5, 0.6) is 0 Å². The van der Waals surface area contributed by atoms with Crippen LogP contribution in [-0.2, 0) is 4.79 Å². The normalized spacial score (nSPS) is 16.4. The van der Waals surface area contributed by atoms with Gasteiger partial charge in [-0.2, -0.15) is 4.98 Å². The van der Waals surface area contributed by atoms with E-state index in [9.17, 15) is 4.79 Å². The second kappa shape index (κ2) is 5.44. The molecule has 0 aromatic carbocycles. The number of nitrogen functional groups attached to an aromatic ring is 1. The zero-order chi connectivity index (χ0) is 14.9. The molecule has 7 heteroatoms. The fourth-order valence-corrected chi connectivity index (χ4v) is 2.38. The van der Waals surface area contributed by atoms with Gasteiger partial charge >= 0.3 is 0 Å². The van der Waals surface area contributed by atoms with E-state index >= 15 is 0 Å². The molecule has 1 amide bonds. The van der Waals surface area contributed by atoms with E-state index in [0.717, 1.165) is 0 Å². The lowest BCUT2D eigenvalue weighted by Gasteiger charge is -2.38. The Hall–Kier alpha value is -1.56. The van der Waals surface area contributed by atoms with Gasteiger partial charge in [-0.05, 0) is 0 Å². The molecule has 20 heavy (non-hydrogen) atoms. The third-order valence-corrected chi connectivity index (χ3v) is 3.42. The fraction of sp³-hybridized carbons (Fsp3) is 0.615. The molecule has 6 nitrogen and oxygen atoms in total. The first-order valence-electron chi connectivity index (χ1n) is 6.62. The third kappa shape index (κ3) is 3.30. The number of nitrogens with two attached hydrogens (primary N) is 1. The summed E-state index contributed by atoms with van der Waals surface area (Å²) >= 11 is 5.89. The lowest BCUT2D eigenvalue weighted by molar-refractivity contribution is -0.139. The summed E-state index contributed by atoms with van der Waals surface area (Å²) in [6.07, 6.45) is 0. The van der Waals surface area contributed by atoms with Gasteiger partial charge in [0.1, 0.15) is 11.0 Å². The molecule has 2 rings (SSSR count). The summed E-state index contributed by atoms with van der Waals surface area (Å²) in [4.78, 5) is 24.2. The molecular formula is C13H20ClN5O. The number of hydrogen-bond acceptors (Lipinski definition) is 5. The molecule has 0 unspecified atom stereocenters. The van der Waals surface area contributed by atoms with Crippen molar-refractivity contribution < 1.29 is 4.79 Å². The molecule has 110 valence electrons. The fourth-order valence-electron chi connectivity index (χ4n) is 2.20. The van der Waals surface area contributed by atoms with Crippen LogP contribution >= 0.6 is 11.6 Å². The molecule has 0 atom stereocenters. The number of carbonyl (C=O) groups is 1. The van der Waals surface area contributed by atoms with Crippen molar-refractivity contribution in [2.75, 3.05) is 36.8 Å². The molecule has 0 radical (unpaired) electrons. The summed E-state index contributed by atoms with van der Waals surface area (Å²) in [6.45, 7) is 8.60. The predicted molar refractivity (Wildman–Crippen MR) is 79.7 cm³/mol. The molecule has 2 N–H and O–H groups in total. The lowest BCUT2D eigenvalue weighted by atomic mass is 9.94. The van der Waals surface area contributed by atoms with Crippen LogP contribution in [0.1, 0.15) is 20.8 Å². The van der Waals surface area contributed by atoms with Gasteiger partial charge < -0.3 is 15.5 Å². The third-order valence-electron chi connectivity index (χ3n) is 3.23. The number of nitrogens with zero attached hydrogens (tertiary/aromatic N) is 4. The smallest absolute Gasteiger partial charge is 0.228 e. The maximum atomic E-state index is 12.2. The molecule has 0 aliphatic carbocycles. The number of rotatable bonds is 1. The Morgan fingerprint density at radius 2 is 1.85 bits per heavy atom. The molecule has 0 spiro atoms. The van der Waals surface area contributed by atoms with Gasteiger partial charge in [-0.1, -0.05) is 32.4 Å². The SMILES string of the molecule is CC(C)(C)C(=O)N1CCN(c2cc(Cl)nc(N)n2)CC1. The van der Waals surface area contributed by atoms with E-state index in [1.807, 2.05) is 25.7 Å². The Morgan fingerprint density at radius 1 is 1.25 bits per heavy atom. The molecule has 1 fully saturated rings. The lowest BCUT2D eigenvalue weighted by Crippen LogP contribution is -2.51. The second-order valence-electron chi connectivity index (χ2n) is 5.94. The molecule has 1 aromatic rings. The summed E-state index contributed by atoms with van der Waals surface area (Å²) in [5.41, 5.74) is 5.26. The van der Waals surface area contributed by atoms with Crippen LogP contribution in [-0.4, -0.2) is 47.0 Å². The van der Waals surface area contributed by atoms with Crippen molar-refractivity contribution in [3.63, 3.8) is 0 Å². The maximum absolute atomic E-state index is 12.2. The molecular weight excluding hydrogens is 278 g/mol. The topological polar surface area (TPSA) is 75.4 Å². The standard InChI is InChI=1S/C13H20ClN5O/c1-13(2,3)11(20)19-6-4-18(5-7-19)10-8-9(14)16-12(15)17-10/h8H,4-7H2,1-3H3,(H2,15,16,17). The summed E-state index contributed by atoms with van der Waals surface area (Å²) in [6, 6.07) is 1.69. The van der Waals surface area contributed by atoms with Crippen molar-refractivity contribution in [2.24, 2.45) is 5.41 Å². The van der Waals surface area contributed by atoms with Crippen molar-refractivity contribution in [1.29, 1.82) is 0 Å². The Bertz CT molecular complexity index is 486. The van der Waals surface area contributed by atoms with Gasteiger partial charge in [0, 0.05) is 37.7 Å². The highest BCUT2D eigenvalue weighted by atomic mass is 35.5. The van der Waals surface area contributed by atoms with Crippen molar-refractivity contribution in [3.05, 3.63) is 11.2 Å². The number of amides is 1. The molecule has 0 saturated carbocycles. The average Bonchev–Trinajstić information content (AvgIpc) is 2.36. The van der Waals surface area contributed by atoms with E-state index in [4.69, 9.17) is 17.3 Å². The van der Waals surface area contributed by atoms with Crippen molar-refractivity contribution in [2.45, 2.75) is 20.8 Å². The number of anilines is 2. The first-order chi connectivity index (χ1) is 9.27. The number of aromatic nitrogens is 2. The Balaban J connectivity index is 2.03. The molecule has 1 saturated heterocycles. The predicted octanol–water partition coefficient (Wildman–Crippen LogP) is 1.41. The van der Waals surface area contributed by atoms with Gasteiger partial charge in [0.25, 0.3) is 0 Å². The Kier molecular flexibility index (Phi) is 4.04. The van der Waals surface area contributed by atoms with Gasteiger partial charge in [0.05, 0.1) is 0 Å². The minimum atomic E-state index is -0.342. The van der Waals surface area contributed by atoms with Crippen molar-refractivity contribution in [1.82, 2.24) is 14.9 Å². The Labute approximate surface area is 123 Å². The number of piperazine rings is 1. The van der Waals surface area contributed by atoms with Crippen LogP contribution in [0.2, 0.25) is 5.15 Å². The molecule has 2 heterocycles. The summed E-state index contributed by atoms with van der Waals surface area (Å²) in [5.74, 6) is 1.06. The molecule has 1 aliphatic rings. The zero-order valence-corrected chi connectivity index (χ0v) is 12.8. The van der Waals surface area contributed by atoms with Gasteiger partial charge in [0.15, 0.2) is 0 Å². The largest absolute Gasteiger partial charge is 0.368 e. The average molecular weight is 298 g/mol. The molecule has 0 bridgehead atoms. The monoisotopic (exact) mass is 297 g/mol. The highest BCUT2D eigenvalue weighted by molar-refractivity contribution is 6.29. The van der Waals surface area contributed by atoms with E-state index < -0.39 is 0 Å². The minimum Gasteiger partial charge on any atom is -0.368 e.